The quantitative estimate of drug-likeness (QED) is 0.812. The van der Waals surface area contributed by atoms with Crippen LogP contribution in [0, 0.1) is 12.3 Å². The molecule has 2 amide bonds. The monoisotopic (exact) mass is 359 g/mol. The van der Waals surface area contributed by atoms with Crippen LogP contribution in [0.5, 0.6) is 0 Å². The molecule has 3 aliphatic rings. The average molecular weight is 359 g/mol. The number of rotatable bonds is 2. The van der Waals surface area contributed by atoms with Gasteiger partial charge in [0.25, 0.3) is 5.91 Å². The van der Waals surface area contributed by atoms with E-state index < -0.39 is 0 Å². The third kappa shape index (κ3) is 3.15. The van der Waals surface area contributed by atoms with E-state index in [0.717, 1.165) is 58.4 Å². The molecule has 0 saturated carbocycles. The Morgan fingerprint density at radius 3 is 2.62 bits per heavy atom. The van der Waals surface area contributed by atoms with Gasteiger partial charge in [-0.15, -0.1) is 0 Å². The van der Waals surface area contributed by atoms with Crippen LogP contribution in [0.25, 0.3) is 0 Å². The van der Waals surface area contributed by atoms with Crippen LogP contribution in [0.3, 0.4) is 0 Å². The van der Waals surface area contributed by atoms with Crippen LogP contribution in [-0.4, -0.2) is 72.3 Å². The van der Waals surface area contributed by atoms with Crippen molar-refractivity contribution in [2.45, 2.75) is 45.1 Å². The SMILES string of the molecule is Cc1occc1C(=O)N1CCC2(CCC(=O)N([C@@H]3CCN(C)C3)C2)CC1. The van der Waals surface area contributed by atoms with Crippen LogP contribution in [0.15, 0.2) is 16.7 Å². The maximum atomic E-state index is 12.7. The first-order chi connectivity index (χ1) is 12.5. The summed E-state index contributed by atoms with van der Waals surface area (Å²) in [5, 5.41) is 0. The number of likely N-dealkylation sites (tertiary alicyclic amines) is 3. The van der Waals surface area contributed by atoms with E-state index in [-0.39, 0.29) is 11.3 Å². The highest BCUT2D eigenvalue weighted by atomic mass is 16.3. The molecule has 3 aliphatic heterocycles. The van der Waals surface area contributed by atoms with Crippen LogP contribution in [0.1, 0.15) is 48.2 Å². The van der Waals surface area contributed by atoms with E-state index in [2.05, 4.69) is 16.8 Å². The third-order valence-electron chi connectivity index (χ3n) is 6.70. The normalized spacial score (nSPS) is 26.7. The largest absolute Gasteiger partial charge is 0.469 e. The molecule has 1 spiro atoms. The summed E-state index contributed by atoms with van der Waals surface area (Å²) in [5.74, 6) is 1.09. The number of furan rings is 1. The van der Waals surface area contributed by atoms with E-state index in [9.17, 15) is 9.59 Å². The molecule has 26 heavy (non-hydrogen) atoms. The summed E-state index contributed by atoms with van der Waals surface area (Å²) < 4.78 is 5.28. The molecule has 1 aromatic rings. The molecule has 0 bridgehead atoms. The van der Waals surface area contributed by atoms with Crippen molar-refractivity contribution < 1.29 is 14.0 Å². The number of carbonyl (C=O) groups is 2. The van der Waals surface area contributed by atoms with Crippen LogP contribution >= 0.6 is 0 Å². The minimum absolute atomic E-state index is 0.0762. The summed E-state index contributed by atoms with van der Waals surface area (Å²) in [7, 11) is 2.13. The Labute approximate surface area is 155 Å². The van der Waals surface area contributed by atoms with Crippen molar-refractivity contribution in [1.29, 1.82) is 0 Å². The van der Waals surface area contributed by atoms with E-state index in [4.69, 9.17) is 4.42 Å². The molecular weight excluding hydrogens is 330 g/mol. The zero-order chi connectivity index (χ0) is 18.3. The molecule has 0 radical (unpaired) electrons. The van der Waals surface area contributed by atoms with Crippen molar-refractivity contribution >= 4 is 11.8 Å². The summed E-state index contributed by atoms with van der Waals surface area (Å²) in [5.41, 5.74) is 0.868. The lowest BCUT2D eigenvalue weighted by atomic mass is 9.72. The molecule has 0 N–H and O–H groups in total. The summed E-state index contributed by atoms with van der Waals surface area (Å²) >= 11 is 0. The number of aryl methyl sites for hydroxylation is 1. The van der Waals surface area contributed by atoms with Gasteiger partial charge in [0.2, 0.25) is 5.91 Å². The molecule has 0 aromatic carbocycles. The summed E-state index contributed by atoms with van der Waals surface area (Å²) in [4.78, 5) is 31.6. The zero-order valence-corrected chi connectivity index (χ0v) is 15.9. The fraction of sp³-hybridized carbons (Fsp3) is 0.700. The number of hydrogen-bond donors (Lipinski definition) is 0. The maximum absolute atomic E-state index is 12.7. The molecule has 6 heteroatoms. The highest BCUT2D eigenvalue weighted by Crippen LogP contribution is 2.41. The number of amides is 2. The van der Waals surface area contributed by atoms with Crippen molar-refractivity contribution in [2.24, 2.45) is 5.41 Å². The molecule has 3 fully saturated rings. The Kier molecular flexibility index (Phi) is 4.55. The fourth-order valence-electron chi connectivity index (χ4n) is 4.91. The summed E-state index contributed by atoms with van der Waals surface area (Å²) in [6.07, 6.45) is 6.27. The van der Waals surface area contributed by atoms with Crippen molar-refractivity contribution in [3.05, 3.63) is 23.7 Å². The lowest BCUT2D eigenvalue weighted by Crippen LogP contribution is -2.55. The van der Waals surface area contributed by atoms with Crippen LogP contribution in [0.2, 0.25) is 0 Å². The molecule has 1 aromatic heterocycles. The number of nitrogens with zero attached hydrogens (tertiary/aromatic N) is 3. The average Bonchev–Trinajstić information content (AvgIpc) is 3.26. The highest BCUT2D eigenvalue weighted by Gasteiger charge is 2.44. The second-order valence-corrected chi connectivity index (χ2v) is 8.41. The second kappa shape index (κ2) is 6.72. The second-order valence-electron chi connectivity index (χ2n) is 8.41. The molecule has 3 saturated heterocycles. The first kappa shape index (κ1) is 17.6. The topological polar surface area (TPSA) is 57.0 Å². The predicted molar refractivity (Wildman–Crippen MR) is 97.9 cm³/mol. The van der Waals surface area contributed by atoms with E-state index >= 15 is 0 Å². The van der Waals surface area contributed by atoms with Crippen LogP contribution in [0.4, 0.5) is 0 Å². The van der Waals surface area contributed by atoms with Crippen molar-refractivity contribution in [3.8, 4) is 0 Å². The standard InChI is InChI=1S/C20H29N3O3/c1-15-17(5-12-26-15)19(25)22-10-7-20(8-11-22)6-3-18(24)23(14-20)16-4-9-21(2)13-16/h5,12,16H,3-4,6-11,13-14H2,1-2H3/t16-/m1/s1. The van der Waals surface area contributed by atoms with Gasteiger partial charge >= 0.3 is 0 Å². The summed E-state index contributed by atoms with van der Waals surface area (Å²) in [6.45, 7) is 6.32. The zero-order valence-electron chi connectivity index (χ0n) is 15.9. The van der Waals surface area contributed by atoms with Crippen molar-refractivity contribution in [1.82, 2.24) is 14.7 Å². The first-order valence-electron chi connectivity index (χ1n) is 9.79. The number of likely N-dealkylation sites (N-methyl/N-ethyl adjacent to an activating group) is 1. The Morgan fingerprint density at radius 1 is 1.23 bits per heavy atom. The maximum Gasteiger partial charge on any atom is 0.257 e. The molecule has 4 rings (SSSR count). The van der Waals surface area contributed by atoms with Crippen molar-refractivity contribution in [3.63, 3.8) is 0 Å². The molecule has 0 aliphatic carbocycles. The minimum atomic E-state index is 0.0762. The van der Waals surface area contributed by atoms with Gasteiger partial charge in [-0.05, 0) is 57.7 Å². The third-order valence-corrected chi connectivity index (χ3v) is 6.70. The van der Waals surface area contributed by atoms with Gasteiger partial charge in [0.05, 0.1) is 11.8 Å². The predicted octanol–water partition coefficient (Wildman–Crippen LogP) is 2.14. The van der Waals surface area contributed by atoms with Gasteiger partial charge in [0, 0.05) is 38.6 Å². The van der Waals surface area contributed by atoms with Gasteiger partial charge in [-0.2, -0.15) is 0 Å². The summed E-state index contributed by atoms with van der Waals surface area (Å²) in [6, 6.07) is 2.14. The highest BCUT2D eigenvalue weighted by molar-refractivity contribution is 5.95. The van der Waals surface area contributed by atoms with E-state index in [0.29, 0.717) is 29.7 Å². The minimum Gasteiger partial charge on any atom is -0.469 e. The molecule has 1 atom stereocenters. The van der Waals surface area contributed by atoms with Gasteiger partial charge < -0.3 is 19.1 Å². The van der Waals surface area contributed by atoms with Gasteiger partial charge in [-0.25, -0.2) is 0 Å². The molecular formula is C20H29N3O3. The van der Waals surface area contributed by atoms with E-state index in [1.807, 2.05) is 11.8 Å². The van der Waals surface area contributed by atoms with Crippen molar-refractivity contribution in [2.75, 3.05) is 39.8 Å². The number of carbonyl (C=O) groups excluding carboxylic acids is 2. The smallest absolute Gasteiger partial charge is 0.257 e. The lowest BCUT2D eigenvalue weighted by molar-refractivity contribution is -0.141. The molecule has 142 valence electrons. The van der Waals surface area contributed by atoms with Gasteiger partial charge in [-0.3, -0.25) is 9.59 Å². The van der Waals surface area contributed by atoms with Gasteiger partial charge in [-0.1, -0.05) is 0 Å². The van der Waals surface area contributed by atoms with Crippen LogP contribution in [-0.2, 0) is 4.79 Å². The van der Waals surface area contributed by atoms with Gasteiger partial charge in [0.15, 0.2) is 0 Å². The Hall–Kier alpha value is -1.82. The molecule has 0 unspecified atom stereocenters. The fourth-order valence-corrected chi connectivity index (χ4v) is 4.91. The van der Waals surface area contributed by atoms with Crippen LogP contribution < -0.4 is 0 Å². The Bertz CT molecular complexity index is 690. The van der Waals surface area contributed by atoms with E-state index in [1.54, 1.807) is 12.3 Å². The lowest BCUT2D eigenvalue weighted by Gasteiger charge is -2.49. The van der Waals surface area contributed by atoms with Gasteiger partial charge in [0.1, 0.15) is 5.76 Å². The molecule has 4 heterocycles. The molecule has 6 nitrogen and oxygen atoms in total. The Morgan fingerprint density at radius 2 is 2.00 bits per heavy atom. The van der Waals surface area contributed by atoms with E-state index in [1.165, 1.54) is 0 Å². The first-order valence-corrected chi connectivity index (χ1v) is 9.79. The number of piperidine rings is 2. The Balaban J connectivity index is 1.40. The number of hydrogen-bond acceptors (Lipinski definition) is 4.